The van der Waals surface area contributed by atoms with Crippen LogP contribution in [0, 0.1) is 0 Å². The summed E-state index contributed by atoms with van der Waals surface area (Å²) < 4.78 is 5.90. The van der Waals surface area contributed by atoms with Crippen molar-refractivity contribution in [3.63, 3.8) is 0 Å². The molecule has 0 radical (unpaired) electrons. The largest absolute Gasteiger partial charge is 0.481 e. The third-order valence-corrected chi connectivity index (χ3v) is 6.10. The Labute approximate surface area is 157 Å². The van der Waals surface area contributed by atoms with Crippen LogP contribution in [0.15, 0.2) is 24.3 Å². The van der Waals surface area contributed by atoms with Crippen molar-refractivity contribution in [1.82, 2.24) is 5.32 Å². The smallest absolute Gasteiger partial charge is 0.261 e. The molecule has 0 spiro atoms. The van der Waals surface area contributed by atoms with Crippen LogP contribution in [-0.2, 0) is 10.2 Å². The van der Waals surface area contributed by atoms with Crippen molar-refractivity contribution in [1.29, 1.82) is 0 Å². The molecule has 1 aliphatic rings. The quantitative estimate of drug-likeness (QED) is 0.665. The molecule has 3 nitrogen and oxygen atoms in total. The van der Waals surface area contributed by atoms with Crippen LogP contribution in [0.2, 0.25) is 0 Å². The summed E-state index contributed by atoms with van der Waals surface area (Å²) >= 11 is 2.00. The van der Waals surface area contributed by atoms with Gasteiger partial charge in [-0.25, -0.2) is 0 Å². The van der Waals surface area contributed by atoms with Gasteiger partial charge in [-0.3, -0.25) is 4.79 Å². The summed E-state index contributed by atoms with van der Waals surface area (Å²) in [7, 11) is 0. The molecule has 1 aliphatic carbocycles. The Morgan fingerprint density at radius 3 is 2.44 bits per heavy atom. The summed E-state index contributed by atoms with van der Waals surface area (Å²) in [4.78, 5) is 12.4. The molecule has 1 N–H and O–H groups in total. The summed E-state index contributed by atoms with van der Waals surface area (Å²) in [5, 5.41) is 3.83. The summed E-state index contributed by atoms with van der Waals surface area (Å²) in [5.74, 6) is 1.75. The molecule has 1 aromatic rings. The highest BCUT2D eigenvalue weighted by Gasteiger charge is 2.19. The van der Waals surface area contributed by atoms with E-state index < -0.39 is 6.10 Å². The average molecular weight is 364 g/mol. The summed E-state index contributed by atoms with van der Waals surface area (Å²) in [6, 6.07) is 8.09. The molecule has 2 rings (SSSR count). The van der Waals surface area contributed by atoms with E-state index in [0.717, 1.165) is 23.3 Å². The van der Waals surface area contributed by atoms with Crippen molar-refractivity contribution >= 4 is 17.7 Å². The van der Waals surface area contributed by atoms with Crippen LogP contribution >= 0.6 is 11.8 Å². The maximum atomic E-state index is 12.4. The van der Waals surface area contributed by atoms with Gasteiger partial charge in [0, 0.05) is 17.5 Å². The van der Waals surface area contributed by atoms with Crippen LogP contribution < -0.4 is 10.1 Å². The molecule has 1 amide bonds. The molecule has 4 heteroatoms. The number of benzene rings is 1. The fraction of sp³-hybridized carbons (Fsp3) is 0.667. The monoisotopic (exact) mass is 363 g/mol. The van der Waals surface area contributed by atoms with Gasteiger partial charge in [-0.1, -0.05) is 52.7 Å². The van der Waals surface area contributed by atoms with E-state index in [4.69, 9.17) is 4.74 Å². The van der Waals surface area contributed by atoms with Gasteiger partial charge in [-0.05, 0) is 42.4 Å². The van der Waals surface area contributed by atoms with Crippen LogP contribution in [0.5, 0.6) is 5.75 Å². The van der Waals surface area contributed by atoms with E-state index in [9.17, 15) is 4.79 Å². The summed E-state index contributed by atoms with van der Waals surface area (Å²) in [6.07, 6.45) is 5.65. The van der Waals surface area contributed by atoms with E-state index in [2.05, 4.69) is 38.2 Å². The van der Waals surface area contributed by atoms with Crippen molar-refractivity contribution in [2.75, 3.05) is 12.3 Å². The number of ether oxygens (including phenoxy) is 1. The van der Waals surface area contributed by atoms with E-state index in [0.29, 0.717) is 6.42 Å². The lowest BCUT2D eigenvalue weighted by atomic mass is 9.87. The lowest BCUT2D eigenvalue weighted by Crippen LogP contribution is -2.39. The van der Waals surface area contributed by atoms with Gasteiger partial charge in [-0.15, -0.1) is 0 Å². The first kappa shape index (κ1) is 20.2. The molecular weight excluding hydrogens is 330 g/mol. The van der Waals surface area contributed by atoms with E-state index in [1.165, 1.54) is 31.2 Å². The minimum Gasteiger partial charge on any atom is -0.481 e. The Morgan fingerprint density at radius 2 is 1.88 bits per heavy atom. The van der Waals surface area contributed by atoms with Gasteiger partial charge >= 0.3 is 0 Å². The molecular formula is C21H33NO2S. The zero-order chi connectivity index (χ0) is 18.3. The van der Waals surface area contributed by atoms with Crippen LogP contribution in [0.4, 0.5) is 0 Å². The van der Waals surface area contributed by atoms with Crippen LogP contribution in [0.25, 0.3) is 0 Å². The second-order valence-corrected chi connectivity index (χ2v) is 9.27. The molecule has 1 fully saturated rings. The zero-order valence-electron chi connectivity index (χ0n) is 16.1. The van der Waals surface area contributed by atoms with E-state index in [1.807, 2.05) is 30.8 Å². The van der Waals surface area contributed by atoms with Crippen LogP contribution in [0.1, 0.15) is 65.4 Å². The number of carbonyl (C=O) groups is 1. The topological polar surface area (TPSA) is 38.3 Å². The van der Waals surface area contributed by atoms with E-state index in [-0.39, 0.29) is 11.3 Å². The first-order valence-electron chi connectivity index (χ1n) is 9.56. The van der Waals surface area contributed by atoms with Gasteiger partial charge in [0.2, 0.25) is 0 Å². The highest BCUT2D eigenvalue weighted by molar-refractivity contribution is 7.99. The number of amides is 1. The maximum Gasteiger partial charge on any atom is 0.261 e. The zero-order valence-corrected chi connectivity index (χ0v) is 17.0. The lowest BCUT2D eigenvalue weighted by molar-refractivity contribution is -0.127. The first-order valence-corrected chi connectivity index (χ1v) is 10.6. The van der Waals surface area contributed by atoms with Gasteiger partial charge in [0.25, 0.3) is 5.91 Å². The van der Waals surface area contributed by atoms with Gasteiger partial charge in [-0.2, -0.15) is 11.8 Å². The molecule has 0 bridgehead atoms. The molecule has 0 saturated heterocycles. The van der Waals surface area contributed by atoms with E-state index >= 15 is 0 Å². The van der Waals surface area contributed by atoms with E-state index in [1.54, 1.807) is 0 Å². The van der Waals surface area contributed by atoms with Gasteiger partial charge in [0.05, 0.1) is 0 Å². The maximum absolute atomic E-state index is 12.4. The fourth-order valence-corrected chi connectivity index (χ4v) is 4.31. The Kier molecular flexibility index (Phi) is 7.67. The highest BCUT2D eigenvalue weighted by Crippen LogP contribution is 2.29. The van der Waals surface area contributed by atoms with Crippen LogP contribution in [-0.4, -0.2) is 29.6 Å². The van der Waals surface area contributed by atoms with Crippen LogP contribution in [0.3, 0.4) is 0 Å². The number of carbonyl (C=O) groups excluding carboxylic acids is 1. The Hall–Kier alpha value is -1.16. The molecule has 1 saturated carbocycles. The Balaban J connectivity index is 1.77. The fourth-order valence-electron chi connectivity index (χ4n) is 3.09. The molecule has 0 aliphatic heterocycles. The molecule has 0 aromatic heterocycles. The predicted molar refractivity (Wildman–Crippen MR) is 108 cm³/mol. The standard InChI is InChI=1S/C21H33NO2S/c1-5-19(20(23)22-14-15-25-18-8-6-7-9-18)24-17-12-10-16(11-13-17)21(2,3)4/h10-13,18-19H,5-9,14-15H2,1-4H3,(H,22,23)/t19-/m0/s1. The van der Waals surface area contributed by atoms with Crippen molar-refractivity contribution in [2.45, 2.75) is 76.6 Å². The van der Waals surface area contributed by atoms with Gasteiger partial charge in [0.15, 0.2) is 6.10 Å². The number of nitrogens with one attached hydrogen (secondary N) is 1. The van der Waals surface area contributed by atoms with Crippen molar-refractivity contribution in [3.05, 3.63) is 29.8 Å². The molecule has 1 aromatic carbocycles. The third kappa shape index (κ3) is 6.58. The summed E-state index contributed by atoms with van der Waals surface area (Å²) in [6.45, 7) is 9.28. The van der Waals surface area contributed by atoms with Crippen molar-refractivity contribution < 1.29 is 9.53 Å². The first-order chi connectivity index (χ1) is 11.9. The van der Waals surface area contributed by atoms with Crippen molar-refractivity contribution in [2.24, 2.45) is 0 Å². The molecule has 0 unspecified atom stereocenters. The number of thioether (sulfide) groups is 1. The molecule has 1 atom stereocenters. The number of rotatable bonds is 8. The second-order valence-electron chi connectivity index (χ2n) is 7.86. The van der Waals surface area contributed by atoms with Gasteiger partial charge in [0.1, 0.15) is 5.75 Å². The number of hydrogen-bond donors (Lipinski definition) is 1. The second kappa shape index (κ2) is 9.51. The molecule has 140 valence electrons. The normalized spacial score (nSPS) is 16.6. The number of hydrogen-bond acceptors (Lipinski definition) is 3. The van der Waals surface area contributed by atoms with Gasteiger partial charge < -0.3 is 10.1 Å². The predicted octanol–water partition coefficient (Wildman–Crippen LogP) is 4.93. The highest BCUT2D eigenvalue weighted by atomic mass is 32.2. The SMILES string of the molecule is CC[C@H](Oc1ccc(C(C)(C)C)cc1)C(=O)NCCSC1CCCC1. The Bertz CT molecular complexity index is 530. The van der Waals surface area contributed by atoms with Crippen molar-refractivity contribution in [3.8, 4) is 5.75 Å². The summed E-state index contributed by atoms with van der Waals surface area (Å²) in [5.41, 5.74) is 1.39. The minimum atomic E-state index is -0.419. The minimum absolute atomic E-state index is 0.00517. The molecule has 0 heterocycles. The third-order valence-electron chi connectivity index (χ3n) is 4.72. The average Bonchev–Trinajstić information content (AvgIpc) is 3.09. The molecule has 25 heavy (non-hydrogen) atoms. The lowest BCUT2D eigenvalue weighted by Gasteiger charge is -2.21. The Morgan fingerprint density at radius 1 is 1.24 bits per heavy atom.